The zero-order valence-corrected chi connectivity index (χ0v) is 11.6. The van der Waals surface area contributed by atoms with Crippen LogP contribution in [0.5, 0.6) is 0 Å². The first-order chi connectivity index (χ1) is 8.52. The Labute approximate surface area is 109 Å². The Morgan fingerprint density at radius 1 is 1.33 bits per heavy atom. The molecule has 4 atom stereocenters. The monoisotopic (exact) mass is 255 g/mol. The molecule has 0 bridgehead atoms. The summed E-state index contributed by atoms with van der Waals surface area (Å²) < 4.78 is 4.84. The summed E-state index contributed by atoms with van der Waals surface area (Å²) in [6.45, 7) is 6.07. The number of nitrogens with two attached hydrogens (primary N) is 1. The largest absolute Gasteiger partial charge is 0.453 e. The van der Waals surface area contributed by atoms with Crippen molar-refractivity contribution in [3.8, 4) is 0 Å². The number of hydrogen-bond acceptors (Lipinski definition) is 4. The van der Waals surface area contributed by atoms with Gasteiger partial charge in [-0.3, -0.25) is 4.90 Å². The second-order valence-corrected chi connectivity index (χ2v) is 5.74. The molecule has 2 aliphatic rings. The molecule has 0 saturated carbocycles. The van der Waals surface area contributed by atoms with Gasteiger partial charge in [0.1, 0.15) is 0 Å². The molecular formula is C13H25N3O2. The van der Waals surface area contributed by atoms with Crippen LogP contribution in [-0.4, -0.2) is 60.3 Å². The number of rotatable bonds is 2. The van der Waals surface area contributed by atoms with E-state index in [4.69, 9.17) is 10.5 Å². The van der Waals surface area contributed by atoms with Gasteiger partial charge in [0.25, 0.3) is 0 Å². The fraction of sp³-hybridized carbons (Fsp3) is 0.923. The SMILES string of the molecule is COC(=O)N1C[C@H](N)C[C@@H]1CN1[C@@H](C)CC[C@@H]1C. The lowest BCUT2D eigenvalue weighted by atomic mass is 10.1. The minimum absolute atomic E-state index is 0.0855. The first kappa shape index (κ1) is 13.6. The average molecular weight is 255 g/mol. The lowest BCUT2D eigenvalue weighted by Gasteiger charge is -2.32. The maximum absolute atomic E-state index is 11.7. The van der Waals surface area contributed by atoms with Gasteiger partial charge in [0, 0.05) is 37.3 Å². The van der Waals surface area contributed by atoms with E-state index in [1.54, 1.807) is 4.90 Å². The highest BCUT2D eigenvalue weighted by Crippen LogP contribution is 2.27. The number of hydrogen-bond donors (Lipinski definition) is 1. The van der Waals surface area contributed by atoms with Crippen LogP contribution in [0.3, 0.4) is 0 Å². The van der Waals surface area contributed by atoms with Crippen LogP contribution in [0.4, 0.5) is 4.79 Å². The Morgan fingerprint density at radius 2 is 1.94 bits per heavy atom. The van der Waals surface area contributed by atoms with E-state index in [1.807, 2.05) is 0 Å². The zero-order chi connectivity index (χ0) is 13.3. The highest BCUT2D eigenvalue weighted by atomic mass is 16.5. The first-order valence-corrected chi connectivity index (χ1v) is 6.88. The quantitative estimate of drug-likeness (QED) is 0.800. The van der Waals surface area contributed by atoms with Gasteiger partial charge >= 0.3 is 6.09 Å². The average Bonchev–Trinajstić information content (AvgIpc) is 2.86. The lowest BCUT2D eigenvalue weighted by molar-refractivity contribution is 0.0994. The molecule has 2 fully saturated rings. The molecule has 5 nitrogen and oxygen atoms in total. The molecule has 0 aromatic carbocycles. The molecule has 104 valence electrons. The fourth-order valence-corrected chi connectivity index (χ4v) is 3.32. The third kappa shape index (κ3) is 2.62. The molecule has 0 unspecified atom stereocenters. The number of likely N-dealkylation sites (tertiary alicyclic amines) is 2. The molecular weight excluding hydrogens is 230 g/mol. The fourth-order valence-electron chi connectivity index (χ4n) is 3.32. The van der Waals surface area contributed by atoms with Gasteiger partial charge in [0.05, 0.1) is 7.11 Å². The molecule has 0 aliphatic carbocycles. The third-order valence-electron chi connectivity index (χ3n) is 4.41. The second-order valence-electron chi connectivity index (χ2n) is 5.74. The summed E-state index contributed by atoms with van der Waals surface area (Å²) in [5, 5.41) is 0. The minimum atomic E-state index is -0.243. The second kappa shape index (κ2) is 5.45. The van der Waals surface area contributed by atoms with Crippen molar-refractivity contribution in [3.05, 3.63) is 0 Å². The van der Waals surface area contributed by atoms with Crippen LogP contribution in [0.2, 0.25) is 0 Å². The van der Waals surface area contributed by atoms with Gasteiger partial charge in [-0.1, -0.05) is 0 Å². The van der Waals surface area contributed by atoms with E-state index in [0.29, 0.717) is 18.6 Å². The van der Waals surface area contributed by atoms with Crippen LogP contribution in [0, 0.1) is 0 Å². The van der Waals surface area contributed by atoms with Gasteiger partial charge in [0.15, 0.2) is 0 Å². The summed E-state index contributed by atoms with van der Waals surface area (Å²) >= 11 is 0. The molecule has 2 aliphatic heterocycles. The number of methoxy groups -OCH3 is 1. The summed E-state index contributed by atoms with van der Waals surface area (Å²) in [5.74, 6) is 0. The maximum Gasteiger partial charge on any atom is 0.409 e. The van der Waals surface area contributed by atoms with Crippen LogP contribution in [-0.2, 0) is 4.74 Å². The van der Waals surface area contributed by atoms with E-state index in [2.05, 4.69) is 18.7 Å². The van der Waals surface area contributed by atoms with Crippen molar-refractivity contribution in [2.45, 2.75) is 57.3 Å². The van der Waals surface area contributed by atoms with Crippen molar-refractivity contribution < 1.29 is 9.53 Å². The van der Waals surface area contributed by atoms with Crippen molar-refractivity contribution in [2.24, 2.45) is 5.73 Å². The van der Waals surface area contributed by atoms with Gasteiger partial charge in [-0.05, 0) is 33.1 Å². The molecule has 0 aromatic rings. The van der Waals surface area contributed by atoms with Crippen molar-refractivity contribution in [1.29, 1.82) is 0 Å². The Morgan fingerprint density at radius 3 is 2.50 bits per heavy atom. The number of carbonyl (C=O) groups excluding carboxylic acids is 1. The van der Waals surface area contributed by atoms with Crippen LogP contribution < -0.4 is 5.73 Å². The topological polar surface area (TPSA) is 58.8 Å². The first-order valence-electron chi connectivity index (χ1n) is 6.88. The molecule has 0 radical (unpaired) electrons. The summed E-state index contributed by atoms with van der Waals surface area (Å²) in [6, 6.07) is 1.51. The summed E-state index contributed by atoms with van der Waals surface area (Å²) in [5.41, 5.74) is 5.98. The molecule has 2 N–H and O–H groups in total. The van der Waals surface area contributed by atoms with E-state index < -0.39 is 0 Å². The maximum atomic E-state index is 11.7. The van der Waals surface area contributed by atoms with E-state index in [1.165, 1.54) is 20.0 Å². The van der Waals surface area contributed by atoms with Gasteiger partial charge < -0.3 is 15.4 Å². The number of ether oxygens (including phenoxy) is 1. The van der Waals surface area contributed by atoms with Gasteiger partial charge in [-0.2, -0.15) is 0 Å². The van der Waals surface area contributed by atoms with Crippen molar-refractivity contribution in [2.75, 3.05) is 20.2 Å². The van der Waals surface area contributed by atoms with Crippen LogP contribution >= 0.6 is 0 Å². The zero-order valence-electron chi connectivity index (χ0n) is 11.6. The third-order valence-corrected chi connectivity index (χ3v) is 4.41. The normalized spacial score (nSPS) is 37.2. The molecule has 2 heterocycles. The highest BCUT2D eigenvalue weighted by Gasteiger charge is 2.38. The lowest BCUT2D eigenvalue weighted by Crippen LogP contribution is -2.46. The molecule has 5 heteroatoms. The molecule has 1 amide bonds. The molecule has 0 aromatic heterocycles. The standard InChI is InChI=1S/C13H25N3O2/c1-9-4-5-10(2)15(9)8-12-6-11(14)7-16(12)13(17)18-3/h9-12H,4-8,14H2,1-3H3/t9-,10-,11+,12+/m0/s1. The van der Waals surface area contributed by atoms with Gasteiger partial charge in [-0.15, -0.1) is 0 Å². The minimum Gasteiger partial charge on any atom is -0.453 e. The Bertz CT molecular complexity index is 301. The van der Waals surface area contributed by atoms with Gasteiger partial charge in [0.2, 0.25) is 0 Å². The van der Waals surface area contributed by atoms with Crippen LogP contribution in [0.1, 0.15) is 33.1 Å². The predicted octanol–water partition coefficient (Wildman–Crippen LogP) is 1.03. The van der Waals surface area contributed by atoms with E-state index in [9.17, 15) is 4.79 Å². The van der Waals surface area contributed by atoms with Crippen molar-refractivity contribution in [1.82, 2.24) is 9.80 Å². The molecule has 2 rings (SSSR count). The summed E-state index contributed by atoms with van der Waals surface area (Å²) in [4.78, 5) is 16.0. The Balaban J connectivity index is 2.00. The number of nitrogens with zero attached hydrogens (tertiary/aromatic N) is 2. The Kier molecular flexibility index (Phi) is 4.12. The molecule has 0 spiro atoms. The number of amides is 1. The Hall–Kier alpha value is -0.810. The smallest absolute Gasteiger partial charge is 0.409 e. The summed E-state index contributed by atoms with van der Waals surface area (Å²) in [6.07, 6.45) is 3.13. The summed E-state index contributed by atoms with van der Waals surface area (Å²) in [7, 11) is 1.43. The van der Waals surface area contributed by atoms with Crippen LogP contribution in [0.15, 0.2) is 0 Å². The van der Waals surface area contributed by atoms with E-state index in [0.717, 1.165) is 13.0 Å². The highest BCUT2D eigenvalue weighted by molar-refractivity contribution is 5.68. The van der Waals surface area contributed by atoms with E-state index >= 15 is 0 Å². The number of carbonyl (C=O) groups is 1. The molecule has 2 saturated heterocycles. The van der Waals surface area contributed by atoms with Crippen molar-refractivity contribution >= 4 is 6.09 Å². The predicted molar refractivity (Wildman–Crippen MR) is 70.4 cm³/mol. The van der Waals surface area contributed by atoms with Gasteiger partial charge in [-0.25, -0.2) is 4.79 Å². The van der Waals surface area contributed by atoms with E-state index in [-0.39, 0.29) is 18.2 Å². The van der Waals surface area contributed by atoms with Crippen LogP contribution in [0.25, 0.3) is 0 Å². The van der Waals surface area contributed by atoms with Crippen molar-refractivity contribution in [3.63, 3.8) is 0 Å². The molecule has 18 heavy (non-hydrogen) atoms.